The highest BCUT2D eigenvalue weighted by atomic mass is 14.9. The standard InChI is InChI=1S/C7H10N/c1-6-3-4-8-7(2)5-6/h3-5,8H,1-2H3. The van der Waals surface area contributed by atoms with E-state index in [0.717, 1.165) is 0 Å². The van der Waals surface area contributed by atoms with Crippen LogP contribution in [0.5, 0.6) is 0 Å². The maximum Gasteiger partial charge on any atom is 0.0792 e. The second-order valence-electron chi connectivity index (χ2n) is 2.05. The van der Waals surface area contributed by atoms with Crippen LogP contribution in [0.2, 0.25) is 0 Å². The van der Waals surface area contributed by atoms with Crippen molar-refractivity contribution in [3.05, 3.63) is 30.0 Å². The van der Waals surface area contributed by atoms with Crippen LogP contribution in [0.3, 0.4) is 0 Å². The minimum absolute atomic E-state index is 1.21. The Hall–Kier alpha value is -0.720. The Morgan fingerprint density at radius 3 is 2.50 bits per heavy atom. The first kappa shape index (κ1) is 5.42. The predicted octanol–water partition coefficient (Wildman–Crippen LogP) is 1.60. The first-order valence-corrected chi connectivity index (χ1v) is 2.74. The first-order valence-electron chi connectivity index (χ1n) is 2.74. The Labute approximate surface area is 50.1 Å². The monoisotopic (exact) mass is 108 g/mol. The van der Waals surface area contributed by atoms with Gasteiger partial charge >= 0.3 is 0 Å². The summed E-state index contributed by atoms with van der Waals surface area (Å²) in [6.45, 7) is 4.13. The molecule has 43 valence electrons. The van der Waals surface area contributed by atoms with E-state index in [0.29, 0.717) is 0 Å². The highest BCUT2D eigenvalue weighted by molar-refractivity contribution is 5.27. The molecule has 0 saturated heterocycles. The summed E-state index contributed by atoms with van der Waals surface area (Å²) >= 11 is 0. The Morgan fingerprint density at radius 2 is 2.12 bits per heavy atom. The minimum Gasteiger partial charge on any atom is -0.380 e. The molecule has 1 aliphatic rings. The van der Waals surface area contributed by atoms with Crippen LogP contribution in [0.15, 0.2) is 23.9 Å². The fourth-order valence-corrected chi connectivity index (χ4v) is 0.736. The summed E-state index contributed by atoms with van der Waals surface area (Å²) in [5.74, 6) is 0. The summed E-state index contributed by atoms with van der Waals surface area (Å²) in [4.78, 5) is 0. The minimum atomic E-state index is 1.21. The quantitative estimate of drug-likeness (QED) is 0.497. The second-order valence-corrected chi connectivity index (χ2v) is 2.05. The van der Waals surface area contributed by atoms with Crippen molar-refractivity contribution in [2.24, 2.45) is 0 Å². The lowest BCUT2D eigenvalue weighted by molar-refractivity contribution is 0.917. The lowest BCUT2D eigenvalue weighted by atomic mass is 10.1. The third-order valence-corrected chi connectivity index (χ3v) is 1.10. The molecule has 0 atom stereocenters. The zero-order chi connectivity index (χ0) is 5.98. The van der Waals surface area contributed by atoms with E-state index in [1.807, 2.05) is 19.2 Å². The maximum absolute atomic E-state index is 3.07. The molecule has 0 aromatic heterocycles. The molecule has 0 aromatic carbocycles. The molecule has 1 rings (SSSR count). The fraction of sp³-hybridized carbons (Fsp3) is 0.286. The largest absolute Gasteiger partial charge is 0.380 e. The number of hydrogen-bond acceptors (Lipinski definition) is 1. The van der Waals surface area contributed by atoms with E-state index in [1.165, 1.54) is 11.6 Å². The van der Waals surface area contributed by atoms with E-state index in [1.54, 1.807) is 0 Å². The van der Waals surface area contributed by atoms with Crippen molar-refractivity contribution in [2.75, 3.05) is 0 Å². The van der Waals surface area contributed by atoms with Gasteiger partial charge in [-0.1, -0.05) is 11.6 Å². The van der Waals surface area contributed by atoms with Crippen molar-refractivity contribution in [3.8, 4) is 0 Å². The van der Waals surface area contributed by atoms with Gasteiger partial charge in [0.05, 0.1) is 6.04 Å². The number of hydrogen-bond donors (Lipinski definition) is 1. The molecule has 1 heteroatoms. The van der Waals surface area contributed by atoms with Crippen molar-refractivity contribution in [1.29, 1.82) is 0 Å². The van der Waals surface area contributed by atoms with Gasteiger partial charge in [-0.15, -0.1) is 0 Å². The molecule has 8 heavy (non-hydrogen) atoms. The van der Waals surface area contributed by atoms with E-state index in [2.05, 4.69) is 18.3 Å². The van der Waals surface area contributed by atoms with Gasteiger partial charge in [0.25, 0.3) is 0 Å². The molecule has 0 aromatic rings. The van der Waals surface area contributed by atoms with Crippen LogP contribution in [0.1, 0.15) is 13.8 Å². The van der Waals surface area contributed by atoms with Crippen molar-refractivity contribution in [2.45, 2.75) is 13.8 Å². The van der Waals surface area contributed by atoms with Crippen LogP contribution >= 0.6 is 0 Å². The topological polar surface area (TPSA) is 12.0 Å². The van der Waals surface area contributed by atoms with Gasteiger partial charge < -0.3 is 5.32 Å². The first-order chi connectivity index (χ1) is 3.79. The van der Waals surface area contributed by atoms with Crippen LogP contribution in [0.4, 0.5) is 0 Å². The molecule has 1 nitrogen and oxygen atoms in total. The molecule has 0 amide bonds. The number of nitrogens with one attached hydrogen (secondary N) is 1. The van der Waals surface area contributed by atoms with Crippen molar-refractivity contribution >= 4 is 0 Å². The molecular formula is C7H10N. The zero-order valence-electron chi connectivity index (χ0n) is 5.23. The van der Waals surface area contributed by atoms with Crippen molar-refractivity contribution in [3.63, 3.8) is 0 Å². The second kappa shape index (κ2) is 2.03. The van der Waals surface area contributed by atoms with Gasteiger partial charge in [-0.25, -0.2) is 0 Å². The van der Waals surface area contributed by atoms with Gasteiger partial charge in [-0.2, -0.15) is 0 Å². The highest BCUT2D eigenvalue weighted by Gasteiger charge is 1.97. The molecule has 0 saturated carbocycles. The van der Waals surface area contributed by atoms with E-state index in [9.17, 15) is 0 Å². The SMILES string of the molecule is C[C]1C=C(C)C=CN1. The van der Waals surface area contributed by atoms with Gasteiger partial charge in [-0.05, 0) is 26.1 Å². The van der Waals surface area contributed by atoms with Gasteiger partial charge in [0, 0.05) is 0 Å². The summed E-state index contributed by atoms with van der Waals surface area (Å²) in [7, 11) is 0. The lowest BCUT2D eigenvalue weighted by Crippen LogP contribution is -2.11. The molecule has 1 radical (unpaired) electrons. The Morgan fingerprint density at radius 1 is 1.38 bits per heavy atom. The summed E-state index contributed by atoms with van der Waals surface area (Å²) < 4.78 is 0. The summed E-state index contributed by atoms with van der Waals surface area (Å²) in [6.07, 6.45) is 6.11. The van der Waals surface area contributed by atoms with E-state index in [-0.39, 0.29) is 0 Å². The molecule has 1 heterocycles. The molecule has 1 N–H and O–H groups in total. The number of allylic oxidation sites excluding steroid dienone is 2. The average molecular weight is 108 g/mol. The van der Waals surface area contributed by atoms with Crippen molar-refractivity contribution in [1.82, 2.24) is 5.32 Å². The molecular weight excluding hydrogens is 98.1 g/mol. The van der Waals surface area contributed by atoms with Gasteiger partial charge in [0.15, 0.2) is 0 Å². The predicted molar refractivity (Wildman–Crippen MR) is 34.9 cm³/mol. The Bertz CT molecular complexity index is 133. The van der Waals surface area contributed by atoms with Crippen LogP contribution in [-0.4, -0.2) is 0 Å². The Balaban J connectivity index is 2.63. The molecule has 0 unspecified atom stereocenters. The lowest BCUT2D eigenvalue weighted by Gasteiger charge is -2.09. The smallest absolute Gasteiger partial charge is 0.0792 e. The van der Waals surface area contributed by atoms with Crippen LogP contribution in [-0.2, 0) is 0 Å². The van der Waals surface area contributed by atoms with Crippen molar-refractivity contribution < 1.29 is 0 Å². The fourth-order valence-electron chi connectivity index (χ4n) is 0.736. The van der Waals surface area contributed by atoms with Crippen LogP contribution in [0.25, 0.3) is 0 Å². The molecule has 0 bridgehead atoms. The highest BCUT2D eigenvalue weighted by Crippen LogP contribution is 2.06. The summed E-state index contributed by atoms with van der Waals surface area (Å²) in [5.41, 5.74) is 1.31. The normalized spacial score (nSPS) is 20.0. The third-order valence-electron chi connectivity index (χ3n) is 1.10. The average Bonchev–Trinajstić information content (AvgIpc) is 1.64. The summed E-state index contributed by atoms with van der Waals surface area (Å²) in [5, 5.41) is 3.07. The zero-order valence-corrected chi connectivity index (χ0v) is 5.23. The number of dihydropyridines is 1. The maximum atomic E-state index is 3.07. The van der Waals surface area contributed by atoms with E-state index in [4.69, 9.17) is 0 Å². The Kier molecular flexibility index (Phi) is 1.38. The van der Waals surface area contributed by atoms with E-state index < -0.39 is 0 Å². The van der Waals surface area contributed by atoms with E-state index >= 15 is 0 Å². The summed E-state index contributed by atoms with van der Waals surface area (Å²) in [6, 6.07) is 1.21. The molecule has 0 aliphatic carbocycles. The van der Waals surface area contributed by atoms with Crippen LogP contribution in [0, 0.1) is 6.04 Å². The van der Waals surface area contributed by atoms with Crippen LogP contribution < -0.4 is 5.32 Å². The van der Waals surface area contributed by atoms with Gasteiger partial charge in [0.1, 0.15) is 0 Å². The van der Waals surface area contributed by atoms with Gasteiger partial charge in [-0.3, -0.25) is 0 Å². The van der Waals surface area contributed by atoms with Gasteiger partial charge in [0.2, 0.25) is 0 Å². The number of rotatable bonds is 0. The third kappa shape index (κ3) is 1.12. The molecule has 0 spiro atoms. The molecule has 1 aliphatic heterocycles. The molecule has 0 fully saturated rings.